The highest BCUT2D eigenvalue weighted by atomic mass is 32.1. The number of esters is 2. The van der Waals surface area contributed by atoms with Crippen molar-refractivity contribution in [3.8, 4) is 0 Å². The maximum Gasteiger partial charge on any atom is 0.338 e. The van der Waals surface area contributed by atoms with Crippen LogP contribution in [-0.2, 0) is 19.1 Å². The fourth-order valence-electron chi connectivity index (χ4n) is 7.25. The van der Waals surface area contributed by atoms with Crippen LogP contribution < -0.4 is 16.0 Å². The van der Waals surface area contributed by atoms with E-state index < -0.39 is 0 Å². The van der Waals surface area contributed by atoms with Gasteiger partial charge in [-0.25, -0.2) is 9.59 Å². The summed E-state index contributed by atoms with van der Waals surface area (Å²) in [6, 6.07) is 5.07. The largest absolute Gasteiger partial charge is 0.465 e. The number of hydrogen-bond donors (Lipinski definition) is 3. The molecular formula is C34H42N6O4S. The normalized spacial score (nSPS) is 26.5. The molecule has 0 bridgehead atoms. The number of rotatable bonds is 8. The Bertz CT molecular complexity index is 1510. The molecule has 3 N–H and O–H groups in total. The van der Waals surface area contributed by atoms with E-state index in [2.05, 4.69) is 37.9 Å². The van der Waals surface area contributed by atoms with Crippen molar-refractivity contribution in [1.29, 1.82) is 0 Å². The van der Waals surface area contributed by atoms with Crippen molar-refractivity contribution < 1.29 is 19.1 Å². The van der Waals surface area contributed by atoms with Gasteiger partial charge in [0.2, 0.25) is 0 Å². The number of amidine groups is 1. The second-order valence-corrected chi connectivity index (χ2v) is 13.6. The Kier molecular flexibility index (Phi) is 8.55. The van der Waals surface area contributed by atoms with E-state index >= 15 is 0 Å². The lowest BCUT2D eigenvalue weighted by Crippen LogP contribution is -2.49. The van der Waals surface area contributed by atoms with Gasteiger partial charge in [-0.3, -0.25) is 10.3 Å². The summed E-state index contributed by atoms with van der Waals surface area (Å²) in [6.07, 6.45) is 23.2. The molecule has 0 radical (unpaired) electrons. The molecule has 7 rings (SSSR count). The van der Waals surface area contributed by atoms with Crippen LogP contribution in [0.25, 0.3) is 5.70 Å². The van der Waals surface area contributed by atoms with E-state index in [1.54, 1.807) is 11.3 Å². The van der Waals surface area contributed by atoms with Crippen LogP contribution in [-0.4, -0.2) is 66.2 Å². The Morgan fingerprint density at radius 1 is 0.889 bits per heavy atom. The van der Waals surface area contributed by atoms with Crippen molar-refractivity contribution in [2.75, 3.05) is 14.2 Å². The van der Waals surface area contributed by atoms with Gasteiger partial charge in [0.1, 0.15) is 30.0 Å². The second-order valence-electron chi connectivity index (χ2n) is 12.5. The van der Waals surface area contributed by atoms with Crippen molar-refractivity contribution in [3.63, 3.8) is 0 Å². The minimum Gasteiger partial charge on any atom is -0.465 e. The number of carbonyl (C=O) groups excluding carboxylic acids is 2. The molecule has 1 aromatic heterocycles. The Labute approximate surface area is 268 Å². The first-order valence-electron chi connectivity index (χ1n) is 16.3. The maximum atomic E-state index is 12.3. The minimum absolute atomic E-state index is 0.0496. The molecule has 0 aromatic carbocycles. The quantitative estimate of drug-likeness (QED) is 0.350. The van der Waals surface area contributed by atoms with Gasteiger partial charge in [-0.05, 0) is 62.1 Å². The lowest BCUT2D eigenvalue weighted by Gasteiger charge is -2.34. The van der Waals surface area contributed by atoms with Gasteiger partial charge in [-0.1, -0.05) is 38.5 Å². The molecular weight excluding hydrogens is 588 g/mol. The second kappa shape index (κ2) is 12.9. The minimum atomic E-state index is -0.362. The molecule has 0 amide bonds. The van der Waals surface area contributed by atoms with Crippen LogP contribution in [0.2, 0.25) is 0 Å². The molecule has 1 aromatic rings. The van der Waals surface area contributed by atoms with Gasteiger partial charge < -0.3 is 29.9 Å². The van der Waals surface area contributed by atoms with Crippen LogP contribution in [0.4, 0.5) is 0 Å². The number of ether oxygens (including phenoxy) is 2. The van der Waals surface area contributed by atoms with Gasteiger partial charge in [-0.15, -0.1) is 11.3 Å². The van der Waals surface area contributed by atoms with Gasteiger partial charge >= 0.3 is 11.9 Å². The number of aliphatic imine (C=N–C) groups is 1. The highest BCUT2D eigenvalue weighted by Gasteiger charge is 2.40. The third-order valence-corrected chi connectivity index (χ3v) is 10.8. The Balaban J connectivity index is 1.21. The smallest absolute Gasteiger partial charge is 0.338 e. The summed E-state index contributed by atoms with van der Waals surface area (Å²) in [5, 5.41) is 11.5. The Hall–Kier alpha value is -3.83. The molecule has 2 fully saturated rings. The first-order valence-corrected chi connectivity index (χ1v) is 17.1. The van der Waals surface area contributed by atoms with Crippen LogP contribution >= 0.6 is 11.3 Å². The van der Waals surface area contributed by atoms with E-state index in [1.165, 1.54) is 52.7 Å². The molecule has 5 heterocycles. The SMILES string of the molecule is COC(=O)C1=CC2=NC(c3ccc(C4=C(NC5CCCCC5)N5C=CC(C(=O)OC)=CC5N4)s3)C(NC3CCCCC3)N2C=C1. The van der Waals surface area contributed by atoms with Crippen LogP contribution in [0.1, 0.15) is 80.0 Å². The lowest BCUT2D eigenvalue weighted by molar-refractivity contribution is -0.136. The van der Waals surface area contributed by atoms with Crippen LogP contribution in [0, 0.1) is 0 Å². The molecule has 0 spiro atoms. The molecule has 2 aliphatic carbocycles. The van der Waals surface area contributed by atoms with Crippen LogP contribution in [0.5, 0.6) is 0 Å². The zero-order chi connectivity index (χ0) is 30.9. The average molecular weight is 631 g/mol. The van der Waals surface area contributed by atoms with Crippen molar-refractivity contribution in [1.82, 2.24) is 25.8 Å². The number of fused-ring (bicyclic) bond motifs is 2. The summed E-state index contributed by atoms with van der Waals surface area (Å²) in [4.78, 5) is 36.5. The monoisotopic (exact) mass is 630 g/mol. The summed E-state index contributed by atoms with van der Waals surface area (Å²) >= 11 is 1.74. The number of thiophene rings is 1. The number of methoxy groups -OCH3 is 2. The van der Waals surface area contributed by atoms with Gasteiger partial charge in [0.15, 0.2) is 0 Å². The lowest BCUT2D eigenvalue weighted by atomic mass is 9.95. The van der Waals surface area contributed by atoms with E-state index in [0.29, 0.717) is 23.2 Å². The summed E-state index contributed by atoms with van der Waals surface area (Å²) in [6.45, 7) is 0. The van der Waals surface area contributed by atoms with Gasteiger partial charge in [0.25, 0.3) is 0 Å². The first-order chi connectivity index (χ1) is 22.0. The molecule has 3 unspecified atom stereocenters. The number of hydrogen-bond acceptors (Lipinski definition) is 11. The summed E-state index contributed by atoms with van der Waals surface area (Å²) in [5.41, 5.74) is 2.07. The summed E-state index contributed by atoms with van der Waals surface area (Å²) in [7, 11) is 2.82. The van der Waals surface area contributed by atoms with Gasteiger partial charge in [0, 0.05) is 29.4 Å². The van der Waals surface area contributed by atoms with Crippen LogP contribution in [0.3, 0.4) is 0 Å². The zero-order valence-electron chi connectivity index (χ0n) is 26.0. The molecule has 3 atom stereocenters. The van der Waals surface area contributed by atoms with E-state index in [-0.39, 0.29) is 30.3 Å². The highest BCUT2D eigenvalue weighted by molar-refractivity contribution is 7.13. The molecule has 0 saturated heterocycles. The van der Waals surface area contributed by atoms with Crippen molar-refractivity contribution in [2.24, 2.45) is 4.99 Å². The van der Waals surface area contributed by atoms with Gasteiger partial charge in [0.05, 0.1) is 35.9 Å². The van der Waals surface area contributed by atoms with Crippen molar-refractivity contribution >= 4 is 34.8 Å². The molecule has 238 valence electrons. The third kappa shape index (κ3) is 5.95. The number of nitrogens with one attached hydrogen (secondary N) is 3. The molecule has 6 aliphatic rings. The Morgan fingerprint density at radius 3 is 2.29 bits per heavy atom. The van der Waals surface area contributed by atoms with E-state index in [0.717, 1.165) is 52.8 Å². The average Bonchev–Trinajstić information content (AvgIpc) is 3.80. The van der Waals surface area contributed by atoms with Crippen molar-refractivity contribution in [3.05, 3.63) is 75.6 Å². The van der Waals surface area contributed by atoms with E-state index in [1.807, 2.05) is 36.7 Å². The predicted octanol–water partition coefficient (Wildman–Crippen LogP) is 4.78. The van der Waals surface area contributed by atoms with Gasteiger partial charge in [-0.2, -0.15) is 0 Å². The molecule has 2 saturated carbocycles. The fourth-order valence-corrected chi connectivity index (χ4v) is 8.34. The highest BCUT2D eigenvalue weighted by Crippen LogP contribution is 2.41. The van der Waals surface area contributed by atoms with Crippen LogP contribution in [0.15, 0.2) is 70.8 Å². The summed E-state index contributed by atoms with van der Waals surface area (Å²) < 4.78 is 9.99. The maximum absolute atomic E-state index is 12.3. The first kappa shape index (κ1) is 29.9. The van der Waals surface area contributed by atoms with E-state index in [9.17, 15) is 9.59 Å². The fraction of sp³-hybridized carbons (Fsp3) is 0.500. The standard InChI is InChI=1S/C34H42N6O4S/c1-43-33(41)21-15-17-39-27(19-21)37-29(31(39)35-23-9-5-3-6-10-23)25-13-14-26(45-25)30-32(36-24-11-7-4-8-12-24)40-18-16-22(34(42)44-2)20-28(40)38-30/h13-20,23-24,27,30,32,35-37H,3-12H2,1-2H3. The third-order valence-electron chi connectivity index (χ3n) is 9.64. The molecule has 4 aliphatic heterocycles. The van der Waals surface area contributed by atoms with Crippen molar-refractivity contribution in [2.45, 2.75) is 94.7 Å². The zero-order valence-corrected chi connectivity index (χ0v) is 26.8. The Morgan fingerprint density at radius 2 is 1.56 bits per heavy atom. The molecule has 45 heavy (non-hydrogen) atoms. The number of nitrogens with zero attached hydrogens (tertiary/aromatic N) is 3. The summed E-state index contributed by atoms with van der Waals surface area (Å²) in [5.74, 6) is 1.11. The molecule has 11 heteroatoms. The van der Waals surface area contributed by atoms with E-state index in [4.69, 9.17) is 14.5 Å². The molecule has 10 nitrogen and oxygen atoms in total. The predicted molar refractivity (Wildman–Crippen MR) is 174 cm³/mol. The number of carbonyl (C=O) groups is 2. The topological polar surface area (TPSA) is 108 Å².